The van der Waals surface area contributed by atoms with Crippen molar-refractivity contribution in [1.29, 1.82) is 0 Å². The second-order valence-electron chi connectivity index (χ2n) is 4.31. The Morgan fingerprint density at radius 3 is 1.88 bits per heavy atom. The van der Waals surface area contributed by atoms with E-state index in [9.17, 15) is 22.8 Å². The van der Waals surface area contributed by atoms with Gasteiger partial charge in [-0.25, -0.2) is 12.7 Å². The van der Waals surface area contributed by atoms with E-state index in [1.54, 1.807) is 0 Å². The molecule has 2 N–H and O–H groups in total. The van der Waals surface area contributed by atoms with Crippen LogP contribution >= 0.6 is 7.60 Å². The second-order valence-corrected chi connectivity index (χ2v) is 8.80. The van der Waals surface area contributed by atoms with Crippen LogP contribution in [0.2, 0.25) is 0 Å². The summed E-state index contributed by atoms with van der Waals surface area (Å²) in [5, 5.41) is 0. The van der Waals surface area contributed by atoms with Crippen molar-refractivity contribution < 1.29 is 22.8 Å². The quantitative estimate of drug-likeness (QED) is 0.738. The fourth-order valence-corrected chi connectivity index (χ4v) is 6.67. The third-order valence-corrected chi connectivity index (χ3v) is 9.20. The van der Waals surface area contributed by atoms with E-state index in [-0.39, 0.29) is 12.8 Å². The van der Waals surface area contributed by atoms with Gasteiger partial charge in [0, 0.05) is 13.1 Å². The molecule has 1 aliphatic heterocycles. The standard InChI is InChI=1S/C9H20NO5PS/c1-3-9(4-2,16(11,12)13)17(14,15)10-7-5-6-8-10/h3-8H2,1-2H3,(H2,11,12,13). The maximum absolute atomic E-state index is 12.4. The van der Waals surface area contributed by atoms with Crippen molar-refractivity contribution >= 4 is 17.6 Å². The Balaban J connectivity index is 3.28. The largest absolute Gasteiger partial charge is 0.348 e. The van der Waals surface area contributed by atoms with Gasteiger partial charge in [-0.3, -0.25) is 4.57 Å². The van der Waals surface area contributed by atoms with Gasteiger partial charge in [0.05, 0.1) is 0 Å². The predicted molar refractivity (Wildman–Crippen MR) is 65.1 cm³/mol. The van der Waals surface area contributed by atoms with E-state index in [2.05, 4.69) is 0 Å². The average Bonchev–Trinajstić information content (AvgIpc) is 2.70. The normalized spacial score (nSPS) is 19.8. The van der Waals surface area contributed by atoms with Gasteiger partial charge in [-0.15, -0.1) is 0 Å². The first kappa shape index (κ1) is 15.1. The molecule has 17 heavy (non-hydrogen) atoms. The Morgan fingerprint density at radius 2 is 1.59 bits per heavy atom. The number of sulfonamides is 1. The molecule has 102 valence electrons. The van der Waals surface area contributed by atoms with Gasteiger partial charge < -0.3 is 9.79 Å². The minimum Gasteiger partial charge on any atom is -0.323 e. The molecule has 0 aromatic heterocycles. The van der Waals surface area contributed by atoms with E-state index in [1.165, 1.54) is 18.2 Å². The van der Waals surface area contributed by atoms with Crippen LogP contribution in [0.25, 0.3) is 0 Å². The molecule has 8 heteroatoms. The van der Waals surface area contributed by atoms with Gasteiger partial charge in [0.25, 0.3) is 0 Å². The average molecular weight is 285 g/mol. The van der Waals surface area contributed by atoms with Crippen LogP contribution in [0.1, 0.15) is 39.5 Å². The zero-order valence-corrected chi connectivity index (χ0v) is 11.9. The highest BCUT2D eigenvalue weighted by molar-refractivity contribution is 7.97. The maximum Gasteiger partial charge on any atom is 0.348 e. The first-order chi connectivity index (χ1) is 7.73. The highest BCUT2D eigenvalue weighted by atomic mass is 32.2. The van der Waals surface area contributed by atoms with Gasteiger partial charge in [0.2, 0.25) is 10.0 Å². The van der Waals surface area contributed by atoms with Crippen LogP contribution in [-0.2, 0) is 14.6 Å². The number of rotatable bonds is 5. The molecule has 1 heterocycles. The number of nitrogens with zero attached hydrogens (tertiary/aromatic N) is 1. The van der Waals surface area contributed by atoms with Gasteiger partial charge in [0.1, 0.15) is 0 Å². The Labute approximate surface area is 102 Å². The molecule has 6 nitrogen and oxygen atoms in total. The second kappa shape index (κ2) is 4.97. The fraction of sp³-hybridized carbons (Fsp3) is 1.00. The van der Waals surface area contributed by atoms with Gasteiger partial charge in [-0.1, -0.05) is 13.8 Å². The van der Waals surface area contributed by atoms with Crippen LogP contribution < -0.4 is 0 Å². The Hall–Kier alpha value is 0.0600. The van der Waals surface area contributed by atoms with Crippen molar-refractivity contribution in [3.05, 3.63) is 0 Å². The lowest BCUT2D eigenvalue weighted by Gasteiger charge is -2.35. The zero-order valence-electron chi connectivity index (χ0n) is 10.2. The molecule has 0 bridgehead atoms. The smallest absolute Gasteiger partial charge is 0.323 e. The molecule has 0 aliphatic carbocycles. The molecule has 1 rings (SSSR count). The summed E-state index contributed by atoms with van der Waals surface area (Å²) in [7, 11) is -8.66. The molecule has 0 spiro atoms. The van der Waals surface area contributed by atoms with Crippen molar-refractivity contribution in [3.8, 4) is 0 Å². The van der Waals surface area contributed by atoms with Crippen molar-refractivity contribution in [2.24, 2.45) is 0 Å². The summed E-state index contributed by atoms with van der Waals surface area (Å²) in [5.74, 6) is 0. The summed E-state index contributed by atoms with van der Waals surface area (Å²) in [6, 6.07) is 0. The van der Waals surface area contributed by atoms with E-state index in [4.69, 9.17) is 0 Å². The molecule has 1 saturated heterocycles. The lowest BCUT2D eigenvalue weighted by atomic mass is 10.2. The minimum absolute atomic E-state index is 0.0768. The van der Waals surface area contributed by atoms with E-state index in [0.29, 0.717) is 13.1 Å². The fourth-order valence-electron chi connectivity index (χ4n) is 2.35. The van der Waals surface area contributed by atoms with Crippen molar-refractivity contribution in [1.82, 2.24) is 4.31 Å². The van der Waals surface area contributed by atoms with Gasteiger partial charge in [0.15, 0.2) is 4.49 Å². The molecule has 0 radical (unpaired) electrons. The van der Waals surface area contributed by atoms with Crippen LogP contribution in [-0.4, -0.2) is 40.1 Å². The van der Waals surface area contributed by atoms with E-state index in [0.717, 1.165) is 12.8 Å². The number of hydrogen-bond donors (Lipinski definition) is 2. The van der Waals surface area contributed by atoms with Crippen LogP contribution in [0.4, 0.5) is 0 Å². The molecule has 1 aliphatic rings. The summed E-state index contributed by atoms with van der Waals surface area (Å²) in [5.41, 5.74) is 0. The summed E-state index contributed by atoms with van der Waals surface area (Å²) >= 11 is 0. The van der Waals surface area contributed by atoms with E-state index >= 15 is 0 Å². The first-order valence-electron chi connectivity index (χ1n) is 5.78. The Kier molecular flexibility index (Phi) is 4.42. The lowest BCUT2D eigenvalue weighted by molar-refractivity contribution is 0.334. The highest BCUT2D eigenvalue weighted by Crippen LogP contribution is 2.58. The molecule has 0 saturated carbocycles. The van der Waals surface area contributed by atoms with Crippen molar-refractivity contribution in [2.75, 3.05) is 13.1 Å². The van der Waals surface area contributed by atoms with Crippen LogP contribution in [0.15, 0.2) is 0 Å². The van der Waals surface area contributed by atoms with Gasteiger partial charge in [-0.2, -0.15) is 0 Å². The van der Waals surface area contributed by atoms with Crippen LogP contribution in [0.3, 0.4) is 0 Å². The third-order valence-electron chi connectivity index (χ3n) is 3.52. The summed E-state index contributed by atoms with van der Waals surface area (Å²) in [6.45, 7) is 3.75. The van der Waals surface area contributed by atoms with Gasteiger partial charge >= 0.3 is 7.60 Å². The SMILES string of the molecule is CCC(CC)(P(=O)(O)O)S(=O)(=O)N1CCCC1. The molecule has 1 fully saturated rings. The highest BCUT2D eigenvalue weighted by Gasteiger charge is 2.57. The molecule has 0 aromatic rings. The summed E-state index contributed by atoms with van der Waals surface area (Å²) in [6.07, 6.45) is 1.35. The predicted octanol–water partition coefficient (Wildman–Crippen LogP) is 1.11. The van der Waals surface area contributed by atoms with Gasteiger partial charge in [-0.05, 0) is 25.7 Å². The molecule has 0 atom stereocenters. The zero-order chi connectivity index (χ0) is 13.3. The summed E-state index contributed by atoms with van der Waals surface area (Å²) in [4.78, 5) is 18.9. The molecule has 0 aromatic carbocycles. The molecular weight excluding hydrogens is 265 g/mol. The minimum atomic E-state index is -4.71. The molecule has 0 unspecified atom stereocenters. The van der Waals surface area contributed by atoms with Crippen molar-refractivity contribution in [3.63, 3.8) is 0 Å². The third kappa shape index (κ3) is 2.31. The van der Waals surface area contributed by atoms with E-state index in [1.807, 2.05) is 0 Å². The maximum atomic E-state index is 12.4. The van der Waals surface area contributed by atoms with Crippen LogP contribution in [0, 0.1) is 0 Å². The number of hydrogen-bond acceptors (Lipinski definition) is 3. The lowest BCUT2D eigenvalue weighted by Crippen LogP contribution is -2.46. The van der Waals surface area contributed by atoms with Crippen LogP contribution in [0.5, 0.6) is 0 Å². The Bertz CT molecular complexity index is 405. The van der Waals surface area contributed by atoms with E-state index < -0.39 is 22.1 Å². The first-order valence-corrected chi connectivity index (χ1v) is 8.83. The summed E-state index contributed by atoms with van der Waals surface area (Å²) < 4.78 is 35.7. The molecule has 0 amide bonds. The van der Waals surface area contributed by atoms with Crippen molar-refractivity contribution in [2.45, 2.75) is 44.0 Å². The topological polar surface area (TPSA) is 94.9 Å². The Morgan fingerprint density at radius 1 is 1.18 bits per heavy atom. The monoisotopic (exact) mass is 285 g/mol. The molecular formula is C9H20NO5PS.